The fourth-order valence-electron chi connectivity index (χ4n) is 1.99. The Hall–Kier alpha value is -1.67. The van der Waals surface area contributed by atoms with Crippen molar-refractivity contribution >= 4 is 10.0 Å². The number of rotatable bonds is 3. The fraction of sp³-hybridized carbons (Fsp3) is 0.400. The zero-order valence-electron chi connectivity index (χ0n) is 9.84. The number of sulfonamides is 1. The van der Waals surface area contributed by atoms with Crippen LogP contribution in [0.5, 0.6) is 0 Å². The monoisotopic (exact) mass is 267 g/mol. The second-order valence-corrected chi connectivity index (χ2v) is 6.11. The zero-order chi connectivity index (χ0) is 12.8. The van der Waals surface area contributed by atoms with Crippen molar-refractivity contribution in [2.75, 3.05) is 13.1 Å². The summed E-state index contributed by atoms with van der Waals surface area (Å²) >= 11 is 0. The van der Waals surface area contributed by atoms with Gasteiger partial charge in [-0.1, -0.05) is 0 Å². The van der Waals surface area contributed by atoms with E-state index in [-0.39, 0.29) is 11.2 Å². The molecule has 18 heavy (non-hydrogen) atoms. The Morgan fingerprint density at radius 1 is 1.28 bits per heavy atom. The maximum atomic E-state index is 12.2. The molecule has 8 heteroatoms. The smallest absolute Gasteiger partial charge is 0.277 e. The van der Waals surface area contributed by atoms with Crippen LogP contribution in [0, 0.1) is 0 Å². The highest BCUT2D eigenvalue weighted by Crippen LogP contribution is 2.26. The summed E-state index contributed by atoms with van der Waals surface area (Å²) in [5, 5.41) is 4.19. The maximum absolute atomic E-state index is 12.2. The van der Waals surface area contributed by atoms with Gasteiger partial charge in [0.2, 0.25) is 5.16 Å². The van der Waals surface area contributed by atoms with Gasteiger partial charge in [0, 0.05) is 44.9 Å². The predicted octanol–water partition coefficient (Wildman–Crippen LogP) is -0.138. The van der Waals surface area contributed by atoms with Gasteiger partial charge in [-0.25, -0.2) is 13.4 Å². The van der Waals surface area contributed by atoms with Crippen LogP contribution in [0.25, 0.3) is 0 Å². The van der Waals surface area contributed by atoms with Crippen molar-refractivity contribution in [1.29, 1.82) is 0 Å². The molecular weight excluding hydrogens is 254 g/mol. The lowest BCUT2D eigenvalue weighted by Gasteiger charge is -2.37. The molecular formula is C10H13N5O2S. The minimum atomic E-state index is -3.47. The Labute approximate surface area is 105 Å². The topological polar surface area (TPSA) is 73.0 Å². The third-order valence-corrected chi connectivity index (χ3v) is 4.91. The van der Waals surface area contributed by atoms with E-state index in [1.54, 1.807) is 24.1 Å². The van der Waals surface area contributed by atoms with E-state index >= 15 is 0 Å². The van der Waals surface area contributed by atoms with E-state index in [1.807, 2.05) is 12.3 Å². The van der Waals surface area contributed by atoms with Crippen molar-refractivity contribution in [3.05, 3.63) is 30.9 Å². The third kappa shape index (κ3) is 1.65. The molecule has 7 nitrogen and oxygen atoms in total. The Balaban J connectivity index is 1.77. The van der Waals surface area contributed by atoms with Gasteiger partial charge in [0.1, 0.15) is 0 Å². The van der Waals surface area contributed by atoms with Crippen LogP contribution in [0.1, 0.15) is 6.04 Å². The SMILES string of the molecule is Cn1ccnc1S(=O)(=O)N1CC(n2cccn2)C1. The van der Waals surface area contributed by atoms with Crippen LogP contribution in [0.15, 0.2) is 36.0 Å². The van der Waals surface area contributed by atoms with Crippen molar-refractivity contribution in [3.63, 3.8) is 0 Å². The zero-order valence-corrected chi connectivity index (χ0v) is 10.7. The van der Waals surface area contributed by atoms with E-state index in [2.05, 4.69) is 10.1 Å². The third-order valence-electron chi connectivity index (χ3n) is 3.08. The number of hydrogen-bond donors (Lipinski definition) is 0. The quantitative estimate of drug-likeness (QED) is 0.776. The lowest BCUT2D eigenvalue weighted by Crippen LogP contribution is -2.51. The van der Waals surface area contributed by atoms with Crippen LogP contribution < -0.4 is 0 Å². The second-order valence-electron chi connectivity index (χ2n) is 4.28. The number of nitrogens with zero attached hydrogens (tertiary/aromatic N) is 5. The Morgan fingerprint density at radius 3 is 2.61 bits per heavy atom. The summed E-state index contributed by atoms with van der Waals surface area (Å²) in [6.07, 6.45) is 6.64. The molecule has 0 aliphatic carbocycles. The first-order valence-corrected chi connectivity index (χ1v) is 6.99. The largest absolute Gasteiger partial charge is 0.324 e. The number of imidazole rings is 1. The van der Waals surface area contributed by atoms with Crippen LogP contribution in [0.4, 0.5) is 0 Å². The van der Waals surface area contributed by atoms with Crippen molar-refractivity contribution < 1.29 is 8.42 Å². The summed E-state index contributed by atoms with van der Waals surface area (Å²) in [4.78, 5) is 3.89. The molecule has 1 saturated heterocycles. The normalized spacial score (nSPS) is 17.8. The highest BCUT2D eigenvalue weighted by Gasteiger charge is 2.39. The molecule has 0 unspecified atom stereocenters. The number of hydrogen-bond acceptors (Lipinski definition) is 4. The Kier molecular flexibility index (Phi) is 2.49. The Bertz CT molecular complexity index is 640. The minimum Gasteiger partial charge on any atom is -0.324 e. The first kappa shape index (κ1) is 11.4. The van der Waals surface area contributed by atoms with Gasteiger partial charge in [-0.15, -0.1) is 0 Å². The summed E-state index contributed by atoms with van der Waals surface area (Å²) in [5.74, 6) is 0. The van der Waals surface area contributed by atoms with E-state index < -0.39 is 10.0 Å². The van der Waals surface area contributed by atoms with Crippen LogP contribution in [-0.2, 0) is 17.1 Å². The lowest BCUT2D eigenvalue weighted by atomic mass is 10.2. The van der Waals surface area contributed by atoms with E-state index in [0.29, 0.717) is 13.1 Å². The van der Waals surface area contributed by atoms with E-state index in [1.165, 1.54) is 15.1 Å². The minimum absolute atomic E-state index is 0.0846. The molecule has 1 aliphatic heterocycles. The molecule has 2 aromatic heterocycles. The Morgan fingerprint density at radius 2 is 2.06 bits per heavy atom. The molecule has 0 atom stereocenters. The highest BCUT2D eigenvalue weighted by molar-refractivity contribution is 7.89. The van der Waals surface area contributed by atoms with Crippen molar-refractivity contribution in [1.82, 2.24) is 23.6 Å². The molecule has 3 heterocycles. The van der Waals surface area contributed by atoms with Crippen LogP contribution in [0.2, 0.25) is 0 Å². The van der Waals surface area contributed by atoms with Crippen LogP contribution in [0.3, 0.4) is 0 Å². The first-order valence-electron chi connectivity index (χ1n) is 5.55. The molecule has 0 bridgehead atoms. The first-order chi connectivity index (χ1) is 8.59. The number of aromatic nitrogens is 4. The molecule has 0 spiro atoms. The average Bonchev–Trinajstić information content (AvgIpc) is 2.86. The standard InChI is InChI=1S/C10H13N5O2S/c1-13-6-4-11-10(13)18(16,17)14-7-9(8-14)15-5-2-3-12-15/h2-6,9H,7-8H2,1H3. The lowest BCUT2D eigenvalue weighted by molar-refractivity contribution is 0.190. The molecule has 1 fully saturated rings. The van der Waals surface area contributed by atoms with Gasteiger partial charge in [0.25, 0.3) is 10.0 Å². The number of aryl methyl sites for hydroxylation is 1. The maximum Gasteiger partial charge on any atom is 0.277 e. The molecule has 2 aromatic rings. The molecule has 0 saturated carbocycles. The summed E-state index contributed by atoms with van der Waals surface area (Å²) < 4.78 is 29.2. The molecule has 0 N–H and O–H groups in total. The second kappa shape index (κ2) is 3.92. The van der Waals surface area contributed by atoms with E-state index in [0.717, 1.165) is 0 Å². The van der Waals surface area contributed by atoms with Crippen molar-refractivity contribution in [2.24, 2.45) is 7.05 Å². The van der Waals surface area contributed by atoms with Gasteiger partial charge in [0.05, 0.1) is 6.04 Å². The molecule has 96 valence electrons. The van der Waals surface area contributed by atoms with Gasteiger partial charge in [0.15, 0.2) is 0 Å². The van der Waals surface area contributed by atoms with Gasteiger partial charge in [-0.3, -0.25) is 4.68 Å². The molecule has 0 aromatic carbocycles. The van der Waals surface area contributed by atoms with E-state index in [4.69, 9.17) is 0 Å². The summed E-state index contributed by atoms with van der Waals surface area (Å²) in [7, 11) is -1.80. The average molecular weight is 267 g/mol. The summed E-state index contributed by atoms with van der Waals surface area (Å²) in [6.45, 7) is 0.883. The van der Waals surface area contributed by atoms with Gasteiger partial charge in [-0.2, -0.15) is 9.40 Å². The van der Waals surface area contributed by atoms with Crippen LogP contribution in [-0.4, -0.2) is 45.1 Å². The van der Waals surface area contributed by atoms with Crippen molar-refractivity contribution in [3.8, 4) is 0 Å². The molecule has 0 amide bonds. The predicted molar refractivity (Wildman–Crippen MR) is 63.2 cm³/mol. The molecule has 3 rings (SSSR count). The van der Waals surface area contributed by atoms with Gasteiger partial charge in [-0.05, 0) is 6.07 Å². The van der Waals surface area contributed by atoms with E-state index in [9.17, 15) is 8.42 Å². The molecule has 0 radical (unpaired) electrons. The van der Waals surface area contributed by atoms with Crippen molar-refractivity contribution in [2.45, 2.75) is 11.2 Å². The highest BCUT2D eigenvalue weighted by atomic mass is 32.2. The summed E-state index contributed by atoms with van der Waals surface area (Å²) in [5.41, 5.74) is 0. The van der Waals surface area contributed by atoms with Crippen LogP contribution >= 0.6 is 0 Å². The van der Waals surface area contributed by atoms with Gasteiger partial charge < -0.3 is 4.57 Å². The fourth-order valence-corrected chi connectivity index (χ4v) is 3.58. The van der Waals surface area contributed by atoms with Gasteiger partial charge >= 0.3 is 0 Å². The summed E-state index contributed by atoms with van der Waals surface area (Å²) in [6, 6.07) is 1.95. The molecule has 1 aliphatic rings.